The number of benzene rings is 2. The molecule has 0 aliphatic carbocycles. The zero-order valence-corrected chi connectivity index (χ0v) is 22.0. The van der Waals surface area contributed by atoms with Crippen molar-refractivity contribution in [1.82, 2.24) is 9.55 Å². The van der Waals surface area contributed by atoms with Crippen molar-refractivity contribution in [2.45, 2.75) is 22.7 Å². The number of nitrogens with one attached hydrogen (secondary N) is 1. The fourth-order valence-corrected chi connectivity index (χ4v) is 7.78. The summed E-state index contributed by atoms with van der Waals surface area (Å²) in [5.41, 5.74) is 1.78. The summed E-state index contributed by atoms with van der Waals surface area (Å²) in [5.74, 6) is -2.37. The molecule has 1 N–H and O–H groups in total. The third-order valence-corrected chi connectivity index (χ3v) is 9.39. The van der Waals surface area contributed by atoms with Gasteiger partial charge in [-0.25, -0.2) is 4.90 Å². The number of imide groups is 1. The van der Waals surface area contributed by atoms with Gasteiger partial charge in [-0.15, -0.1) is 0 Å². The van der Waals surface area contributed by atoms with E-state index in [-0.39, 0.29) is 29.1 Å². The predicted octanol–water partition coefficient (Wildman–Crippen LogP) is 4.39. The molecule has 4 heterocycles. The highest BCUT2D eigenvalue weighted by atomic mass is 35.5. The number of rotatable bonds is 5. The Hall–Kier alpha value is -3.73. The maximum Gasteiger partial charge on any atom is 0.308 e. The highest BCUT2D eigenvalue weighted by Crippen LogP contribution is 2.53. The van der Waals surface area contributed by atoms with Crippen LogP contribution in [0.3, 0.4) is 0 Å². The second-order valence-corrected chi connectivity index (χ2v) is 11.4. The van der Waals surface area contributed by atoms with Crippen molar-refractivity contribution in [2.24, 2.45) is 5.92 Å². The van der Waals surface area contributed by atoms with Crippen molar-refractivity contribution < 1.29 is 14.4 Å². The Morgan fingerprint density at radius 2 is 1.74 bits per heavy atom. The Morgan fingerprint density at radius 1 is 0.974 bits per heavy atom. The third kappa shape index (κ3) is 4.24. The normalized spacial score (nSPS) is 20.2. The molecule has 0 saturated carbocycles. The van der Waals surface area contributed by atoms with Gasteiger partial charge >= 0.3 is 4.87 Å². The van der Waals surface area contributed by atoms with Gasteiger partial charge in [0.25, 0.3) is 0 Å². The lowest BCUT2D eigenvalue weighted by Gasteiger charge is -2.30. The summed E-state index contributed by atoms with van der Waals surface area (Å²) in [6.07, 6.45) is 3.28. The molecule has 1 fully saturated rings. The van der Waals surface area contributed by atoms with E-state index in [0.29, 0.717) is 26.3 Å². The van der Waals surface area contributed by atoms with Crippen LogP contribution in [-0.2, 0) is 20.9 Å². The van der Waals surface area contributed by atoms with Crippen molar-refractivity contribution in [3.05, 3.63) is 104 Å². The SMILES string of the molecule is O=C(Cn1c2c(sc1=O)[C@H](c1cccnc1)C1C(=O)N(c3ccc(Cl)cc3)C(=O)C1S2)Nc1ccccc1. The molecular weight excluding hydrogens is 544 g/mol. The van der Waals surface area contributed by atoms with E-state index in [1.54, 1.807) is 67.0 Å². The molecule has 2 unspecified atom stereocenters. The summed E-state index contributed by atoms with van der Waals surface area (Å²) in [6, 6.07) is 19.1. The Bertz CT molecular complexity index is 1610. The van der Waals surface area contributed by atoms with E-state index in [2.05, 4.69) is 10.3 Å². The number of amides is 3. The van der Waals surface area contributed by atoms with Crippen LogP contribution < -0.4 is 15.1 Å². The Morgan fingerprint density at radius 3 is 2.45 bits per heavy atom. The molecule has 38 heavy (non-hydrogen) atoms. The average Bonchev–Trinajstić information content (AvgIpc) is 3.36. The van der Waals surface area contributed by atoms with Crippen molar-refractivity contribution in [2.75, 3.05) is 10.2 Å². The first kappa shape index (κ1) is 24.6. The third-order valence-electron chi connectivity index (χ3n) is 6.54. The van der Waals surface area contributed by atoms with Crippen LogP contribution in [0.25, 0.3) is 0 Å². The number of nitrogens with zero attached hydrogens (tertiary/aromatic N) is 3. The number of carbonyl (C=O) groups is 3. The number of thioether (sulfide) groups is 1. The van der Waals surface area contributed by atoms with Gasteiger partial charge in [-0.05, 0) is 48.0 Å². The second kappa shape index (κ2) is 9.86. The molecule has 2 aliphatic rings. The molecule has 0 bridgehead atoms. The van der Waals surface area contributed by atoms with Crippen LogP contribution in [0.15, 0.2) is 88.9 Å². The largest absolute Gasteiger partial charge is 0.325 e. The second-order valence-electron chi connectivity index (χ2n) is 8.85. The van der Waals surface area contributed by atoms with Gasteiger partial charge < -0.3 is 5.32 Å². The molecule has 6 rings (SSSR count). The molecule has 0 radical (unpaired) electrons. The van der Waals surface area contributed by atoms with E-state index < -0.39 is 17.1 Å². The number of halogens is 1. The number of fused-ring (bicyclic) bond motifs is 2. The van der Waals surface area contributed by atoms with Crippen LogP contribution in [-0.4, -0.2) is 32.5 Å². The summed E-state index contributed by atoms with van der Waals surface area (Å²) < 4.78 is 1.39. The van der Waals surface area contributed by atoms with Crippen molar-refractivity contribution in [1.29, 1.82) is 0 Å². The van der Waals surface area contributed by atoms with Crippen LogP contribution in [0.5, 0.6) is 0 Å². The topological polar surface area (TPSA) is 101 Å². The maximum absolute atomic E-state index is 13.8. The molecule has 2 aliphatic heterocycles. The van der Waals surface area contributed by atoms with E-state index in [1.165, 1.54) is 21.2 Å². The minimum absolute atomic E-state index is 0.216. The van der Waals surface area contributed by atoms with Crippen LogP contribution in [0, 0.1) is 5.92 Å². The lowest BCUT2D eigenvalue weighted by molar-refractivity contribution is -0.122. The number of hydrogen-bond donors (Lipinski definition) is 1. The van der Waals surface area contributed by atoms with Crippen molar-refractivity contribution >= 4 is 63.8 Å². The molecule has 0 spiro atoms. The maximum atomic E-state index is 13.8. The van der Waals surface area contributed by atoms with Crippen LogP contribution in [0.4, 0.5) is 11.4 Å². The van der Waals surface area contributed by atoms with Gasteiger partial charge in [0, 0.05) is 33.9 Å². The monoisotopic (exact) mass is 562 g/mol. The van der Waals surface area contributed by atoms with E-state index >= 15 is 0 Å². The quantitative estimate of drug-likeness (QED) is 0.362. The number of para-hydroxylation sites is 1. The van der Waals surface area contributed by atoms with Crippen LogP contribution in [0.2, 0.25) is 5.02 Å². The van der Waals surface area contributed by atoms with E-state index in [1.807, 2.05) is 12.1 Å². The first-order chi connectivity index (χ1) is 18.4. The smallest absolute Gasteiger partial charge is 0.308 e. The van der Waals surface area contributed by atoms with Gasteiger partial charge in [0.2, 0.25) is 17.7 Å². The highest BCUT2D eigenvalue weighted by Gasteiger charge is 2.56. The summed E-state index contributed by atoms with van der Waals surface area (Å²) in [7, 11) is 0. The van der Waals surface area contributed by atoms with E-state index in [4.69, 9.17) is 11.6 Å². The molecule has 8 nitrogen and oxygen atoms in total. The fourth-order valence-electron chi connectivity index (χ4n) is 4.88. The lowest BCUT2D eigenvalue weighted by Crippen LogP contribution is -2.33. The van der Waals surface area contributed by atoms with Gasteiger partial charge in [0.1, 0.15) is 11.8 Å². The molecule has 3 atom stereocenters. The summed E-state index contributed by atoms with van der Waals surface area (Å²) >= 11 is 8.19. The van der Waals surface area contributed by atoms with Crippen LogP contribution >= 0.6 is 34.7 Å². The lowest BCUT2D eigenvalue weighted by atomic mass is 9.84. The van der Waals surface area contributed by atoms with Crippen molar-refractivity contribution in [3.8, 4) is 0 Å². The number of aromatic nitrogens is 2. The fraction of sp³-hybridized carbons (Fsp3) is 0.148. The number of pyridine rings is 1. The van der Waals surface area contributed by atoms with Crippen LogP contribution in [0.1, 0.15) is 16.4 Å². The minimum Gasteiger partial charge on any atom is -0.325 e. The molecule has 1 saturated heterocycles. The minimum atomic E-state index is -0.770. The Balaban J connectivity index is 1.41. The van der Waals surface area contributed by atoms with Gasteiger partial charge in [-0.3, -0.25) is 28.7 Å². The molecule has 2 aromatic carbocycles. The first-order valence-corrected chi connectivity index (χ1v) is 13.8. The number of hydrogen-bond acceptors (Lipinski definition) is 7. The Kier molecular flexibility index (Phi) is 6.38. The predicted molar refractivity (Wildman–Crippen MR) is 147 cm³/mol. The summed E-state index contributed by atoms with van der Waals surface area (Å²) in [4.78, 5) is 59.2. The average molecular weight is 563 g/mol. The zero-order valence-electron chi connectivity index (χ0n) is 19.6. The zero-order chi connectivity index (χ0) is 26.4. The highest BCUT2D eigenvalue weighted by molar-refractivity contribution is 8.00. The van der Waals surface area contributed by atoms with Gasteiger partial charge in [-0.1, -0.05) is 59.0 Å². The standard InChI is InChI=1S/C27H19ClN4O4S2/c28-16-8-10-18(11-9-16)32-24(34)21-20(15-5-4-12-29-13-15)23-26(37-22(21)25(32)35)31(27(36)38-23)14-19(33)30-17-6-2-1-3-7-17/h1-13,20-22H,14H2,(H,30,33)/t20-,21?,22?/m1/s1. The first-order valence-electron chi connectivity index (χ1n) is 11.7. The van der Waals surface area contributed by atoms with Gasteiger partial charge in [-0.2, -0.15) is 0 Å². The number of anilines is 2. The molecular formula is C27H19ClN4O4S2. The Labute approximate surface area is 230 Å². The summed E-state index contributed by atoms with van der Waals surface area (Å²) in [6.45, 7) is -0.216. The number of thiazole rings is 1. The van der Waals surface area contributed by atoms with Gasteiger partial charge in [0.15, 0.2) is 0 Å². The molecule has 4 aromatic rings. The molecule has 11 heteroatoms. The van der Waals surface area contributed by atoms with Crippen molar-refractivity contribution in [3.63, 3.8) is 0 Å². The molecule has 2 aromatic heterocycles. The summed E-state index contributed by atoms with van der Waals surface area (Å²) in [5, 5.41) is 3.05. The molecule has 3 amide bonds. The number of carbonyl (C=O) groups excluding carboxylic acids is 3. The van der Waals surface area contributed by atoms with E-state index in [0.717, 1.165) is 16.9 Å². The molecule has 190 valence electrons. The van der Waals surface area contributed by atoms with E-state index in [9.17, 15) is 19.2 Å². The van der Waals surface area contributed by atoms with Gasteiger partial charge in [0.05, 0.1) is 16.6 Å².